The first-order chi connectivity index (χ1) is 16.1. The van der Waals surface area contributed by atoms with Crippen LogP contribution in [-0.2, 0) is 14.6 Å². The summed E-state index contributed by atoms with van der Waals surface area (Å²) in [6, 6.07) is 3.30. The van der Waals surface area contributed by atoms with Crippen LogP contribution in [0.25, 0.3) is 11.7 Å². The number of piperidine rings is 1. The van der Waals surface area contributed by atoms with Gasteiger partial charge in [-0.1, -0.05) is 37.0 Å². The van der Waals surface area contributed by atoms with Crippen molar-refractivity contribution in [2.45, 2.75) is 39.2 Å². The van der Waals surface area contributed by atoms with E-state index in [1.54, 1.807) is 12.3 Å². The molecule has 1 amide bonds. The van der Waals surface area contributed by atoms with Gasteiger partial charge in [0.05, 0.1) is 28.0 Å². The lowest BCUT2D eigenvalue weighted by atomic mass is 9.99. The summed E-state index contributed by atoms with van der Waals surface area (Å²) in [4.78, 5) is 35.6. The van der Waals surface area contributed by atoms with E-state index in [1.165, 1.54) is 9.30 Å². The zero-order valence-corrected chi connectivity index (χ0v) is 21.5. The van der Waals surface area contributed by atoms with Crippen LogP contribution in [0.2, 0.25) is 0 Å². The number of thiocarbonyl (C=S) groups is 1. The molecular formula is C23H26N4O4S3. The predicted octanol–water partition coefficient (Wildman–Crippen LogP) is 2.63. The van der Waals surface area contributed by atoms with Crippen molar-refractivity contribution >= 4 is 61.6 Å². The van der Waals surface area contributed by atoms with Crippen LogP contribution in [0.4, 0.5) is 5.82 Å². The van der Waals surface area contributed by atoms with Crippen LogP contribution in [0.15, 0.2) is 28.0 Å². The molecule has 0 radical (unpaired) electrons. The van der Waals surface area contributed by atoms with Gasteiger partial charge in [0, 0.05) is 19.3 Å². The average molecular weight is 519 g/mol. The number of anilines is 1. The van der Waals surface area contributed by atoms with Gasteiger partial charge in [0.15, 0.2) is 9.84 Å². The fourth-order valence-electron chi connectivity index (χ4n) is 4.74. The number of carbonyl (C=O) groups excluding carboxylic acids is 1. The topological polar surface area (TPSA) is 92.1 Å². The first-order valence-electron chi connectivity index (χ1n) is 11.4. The number of fused-ring (bicyclic) bond motifs is 1. The molecule has 5 heterocycles. The maximum absolute atomic E-state index is 13.6. The van der Waals surface area contributed by atoms with E-state index in [9.17, 15) is 18.0 Å². The number of sulfone groups is 1. The summed E-state index contributed by atoms with van der Waals surface area (Å²) in [5.74, 6) is 0.825. The molecule has 3 aliphatic rings. The summed E-state index contributed by atoms with van der Waals surface area (Å²) < 4.78 is 25.8. The molecule has 0 saturated carbocycles. The van der Waals surface area contributed by atoms with Gasteiger partial charge in [-0.15, -0.1) is 0 Å². The maximum Gasteiger partial charge on any atom is 0.267 e. The Morgan fingerprint density at radius 2 is 1.91 bits per heavy atom. The quantitative estimate of drug-likeness (QED) is 0.452. The van der Waals surface area contributed by atoms with Crippen LogP contribution in [0.5, 0.6) is 0 Å². The minimum atomic E-state index is -3.17. The first kappa shape index (κ1) is 23.5. The van der Waals surface area contributed by atoms with Gasteiger partial charge < -0.3 is 4.90 Å². The highest BCUT2D eigenvalue weighted by Crippen LogP contribution is 2.37. The SMILES string of the molecule is Cc1ccc2nc(N3CCC(C)CC3)c(C=C3SC(=S)N(C4CCS(=O)(=O)C4)C3=O)c(=O)n2c1. The molecule has 0 aromatic carbocycles. The van der Waals surface area contributed by atoms with Crippen LogP contribution in [-0.4, -0.2) is 63.6 Å². The Bertz CT molecular complexity index is 1390. The monoisotopic (exact) mass is 518 g/mol. The van der Waals surface area contributed by atoms with E-state index in [2.05, 4.69) is 11.8 Å². The first-order valence-corrected chi connectivity index (χ1v) is 14.4. The summed E-state index contributed by atoms with van der Waals surface area (Å²) in [7, 11) is -3.17. The molecule has 1 atom stereocenters. The Balaban J connectivity index is 1.59. The van der Waals surface area contributed by atoms with Crippen molar-refractivity contribution in [3.63, 3.8) is 0 Å². The normalized spacial score (nSPS) is 24.6. The molecule has 2 aromatic heterocycles. The number of amides is 1. The molecule has 0 spiro atoms. The number of hydrogen-bond donors (Lipinski definition) is 0. The highest BCUT2D eigenvalue weighted by atomic mass is 32.2. The second-order valence-corrected chi connectivity index (χ2v) is 13.3. The van der Waals surface area contributed by atoms with Crippen molar-refractivity contribution in [1.29, 1.82) is 0 Å². The molecule has 3 fully saturated rings. The van der Waals surface area contributed by atoms with Gasteiger partial charge in [-0.25, -0.2) is 13.4 Å². The Morgan fingerprint density at radius 1 is 1.18 bits per heavy atom. The van der Waals surface area contributed by atoms with Gasteiger partial charge in [0.25, 0.3) is 11.5 Å². The second kappa shape index (κ2) is 8.76. The minimum absolute atomic E-state index is 0.0561. The Morgan fingerprint density at radius 3 is 2.59 bits per heavy atom. The third-order valence-corrected chi connectivity index (χ3v) is 9.82. The molecule has 180 valence electrons. The second-order valence-electron chi connectivity index (χ2n) is 9.37. The molecule has 8 nitrogen and oxygen atoms in total. The number of rotatable bonds is 3. The highest BCUT2D eigenvalue weighted by Gasteiger charge is 2.42. The molecule has 0 aliphatic carbocycles. The zero-order valence-electron chi connectivity index (χ0n) is 19.1. The third-order valence-electron chi connectivity index (χ3n) is 6.74. The summed E-state index contributed by atoms with van der Waals surface area (Å²) in [5, 5.41) is 0. The van der Waals surface area contributed by atoms with E-state index in [-0.39, 0.29) is 23.0 Å². The predicted molar refractivity (Wildman–Crippen MR) is 139 cm³/mol. The van der Waals surface area contributed by atoms with Crippen molar-refractivity contribution in [2.24, 2.45) is 5.92 Å². The molecule has 3 saturated heterocycles. The van der Waals surface area contributed by atoms with Crippen molar-refractivity contribution in [3.8, 4) is 0 Å². The van der Waals surface area contributed by atoms with E-state index < -0.39 is 15.9 Å². The van der Waals surface area contributed by atoms with Crippen molar-refractivity contribution in [3.05, 3.63) is 44.7 Å². The number of carbonyl (C=O) groups is 1. The van der Waals surface area contributed by atoms with Crippen molar-refractivity contribution < 1.29 is 13.2 Å². The molecular weight excluding hydrogens is 492 g/mol. The third kappa shape index (κ3) is 4.29. The number of aryl methyl sites for hydroxylation is 1. The summed E-state index contributed by atoms with van der Waals surface area (Å²) in [6.07, 6.45) is 5.73. The largest absolute Gasteiger partial charge is 0.356 e. The number of aromatic nitrogens is 2. The number of thioether (sulfide) groups is 1. The molecule has 34 heavy (non-hydrogen) atoms. The lowest BCUT2D eigenvalue weighted by Crippen LogP contribution is -2.39. The van der Waals surface area contributed by atoms with Crippen LogP contribution in [0.3, 0.4) is 0 Å². The van der Waals surface area contributed by atoms with E-state index in [0.29, 0.717) is 38.6 Å². The van der Waals surface area contributed by atoms with Gasteiger partial charge in [-0.3, -0.25) is 18.9 Å². The molecule has 2 aromatic rings. The molecule has 3 aliphatic heterocycles. The number of nitrogens with zero attached hydrogens (tertiary/aromatic N) is 4. The fraction of sp³-hybridized carbons (Fsp3) is 0.478. The maximum atomic E-state index is 13.6. The smallest absolute Gasteiger partial charge is 0.267 e. The summed E-state index contributed by atoms with van der Waals surface area (Å²) in [5.41, 5.74) is 1.61. The summed E-state index contributed by atoms with van der Waals surface area (Å²) >= 11 is 6.56. The van der Waals surface area contributed by atoms with Gasteiger partial charge in [0.2, 0.25) is 0 Å². The summed E-state index contributed by atoms with van der Waals surface area (Å²) in [6.45, 7) is 5.71. The van der Waals surface area contributed by atoms with Crippen LogP contribution < -0.4 is 10.5 Å². The van der Waals surface area contributed by atoms with Crippen LogP contribution in [0.1, 0.15) is 37.3 Å². The minimum Gasteiger partial charge on any atom is -0.356 e. The van der Waals surface area contributed by atoms with Crippen LogP contribution in [0, 0.1) is 12.8 Å². The molecule has 0 N–H and O–H groups in total. The Hall–Kier alpha value is -2.24. The standard InChI is InChI=1S/C23H26N4O4S3/c1-14-5-8-25(9-6-14)20-17(21(28)26-12-15(2)3-4-19(26)24-20)11-18-22(29)27(23(32)33-18)16-7-10-34(30,31)13-16/h3-4,11-12,14,16H,5-10,13H2,1-2H3. The van der Waals surface area contributed by atoms with E-state index >= 15 is 0 Å². The number of pyridine rings is 1. The zero-order chi connectivity index (χ0) is 24.2. The van der Waals surface area contributed by atoms with Gasteiger partial charge in [0.1, 0.15) is 15.8 Å². The van der Waals surface area contributed by atoms with Gasteiger partial charge in [-0.05, 0) is 49.8 Å². The molecule has 1 unspecified atom stereocenters. The highest BCUT2D eigenvalue weighted by molar-refractivity contribution is 8.26. The van der Waals surface area contributed by atoms with Crippen molar-refractivity contribution in [2.75, 3.05) is 29.5 Å². The van der Waals surface area contributed by atoms with E-state index in [4.69, 9.17) is 17.2 Å². The van der Waals surface area contributed by atoms with Crippen molar-refractivity contribution in [1.82, 2.24) is 14.3 Å². The fourth-order valence-corrected chi connectivity index (χ4v) is 7.82. The van der Waals surface area contributed by atoms with Gasteiger partial charge >= 0.3 is 0 Å². The molecule has 5 rings (SSSR count). The Labute approximate surface area is 207 Å². The molecule has 0 bridgehead atoms. The lowest BCUT2D eigenvalue weighted by molar-refractivity contribution is -0.123. The van der Waals surface area contributed by atoms with E-state index in [0.717, 1.165) is 43.3 Å². The number of hydrogen-bond acceptors (Lipinski definition) is 8. The van der Waals surface area contributed by atoms with E-state index in [1.807, 2.05) is 19.1 Å². The molecule has 11 heteroatoms. The Kier molecular flexibility index (Phi) is 6.06. The van der Waals surface area contributed by atoms with Gasteiger partial charge in [-0.2, -0.15) is 0 Å². The van der Waals surface area contributed by atoms with Crippen LogP contribution >= 0.6 is 24.0 Å². The lowest BCUT2D eigenvalue weighted by Gasteiger charge is -2.32. The average Bonchev–Trinajstić information content (AvgIpc) is 3.28.